The molecule has 65 heavy (non-hydrogen) atoms. The minimum atomic E-state index is -0.750. The SMILES string of the molecule is CC.CC.CC(c1nnc2ccccc2c1-c1ccccc1)N1C(=O)c2ccccc2C1=O.CC(c1nnc2ccccc2c1-c1ccccc1)N1C(=O)c2ccccc2C1=O.O=S=O. The molecule has 8 aromatic rings. The van der Waals surface area contributed by atoms with Crippen LogP contribution in [0, 0.1) is 0 Å². The molecule has 2 aliphatic rings. The monoisotopic (exact) mass is 882 g/mol. The highest BCUT2D eigenvalue weighted by Gasteiger charge is 2.41. The summed E-state index contributed by atoms with van der Waals surface area (Å²) in [7, 11) is 0. The van der Waals surface area contributed by atoms with E-state index in [0.717, 1.165) is 44.1 Å². The van der Waals surface area contributed by atoms with Gasteiger partial charge in [0.05, 0.1) is 56.8 Å². The van der Waals surface area contributed by atoms with Crippen LogP contribution in [0.3, 0.4) is 0 Å². The topological polar surface area (TPSA) is 160 Å². The molecule has 0 spiro atoms. The molecule has 2 aromatic heterocycles. The summed E-state index contributed by atoms with van der Waals surface area (Å²) in [4.78, 5) is 54.5. The summed E-state index contributed by atoms with van der Waals surface area (Å²) >= 11 is -0.750. The Morgan fingerprint density at radius 1 is 0.385 bits per heavy atom. The molecule has 2 atom stereocenters. The largest absolute Gasteiger partial charge is 0.335 e. The predicted octanol–water partition coefficient (Wildman–Crippen LogP) is 10.7. The fraction of sp³-hybridized carbons (Fsp3) is 0.154. The van der Waals surface area contributed by atoms with E-state index in [1.165, 1.54) is 9.80 Å². The maximum atomic E-state index is 13.0. The van der Waals surface area contributed by atoms with Crippen LogP contribution in [0.25, 0.3) is 44.1 Å². The molecule has 326 valence electrons. The van der Waals surface area contributed by atoms with E-state index in [1.807, 2.05) is 151 Å². The molecule has 2 unspecified atom stereocenters. The van der Waals surface area contributed by atoms with Crippen molar-refractivity contribution in [2.24, 2.45) is 0 Å². The molecule has 0 saturated heterocycles. The van der Waals surface area contributed by atoms with Crippen LogP contribution in [0.15, 0.2) is 158 Å². The highest BCUT2D eigenvalue weighted by molar-refractivity contribution is 7.51. The second-order valence-electron chi connectivity index (χ2n) is 14.2. The van der Waals surface area contributed by atoms with Crippen LogP contribution in [-0.2, 0) is 11.6 Å². The van der Waals surface area contributed by atoms with Crippen molar-refractivity contribution < 1.29 is 27.6 Å². The highest BCUT2D eigenvalue weighted by atomic mass is 32.1. The van der Waals surface area contributed by atoms with Crippen molar-refractivity contribution in [1.82, 2.24) is 30.2 Å². The van der Waals surface area contributed by atoms with Crippen LogP contribution in [0.2, 0.25) is 0 Å². The molecule has 6 aromatic carbocycles. The van der Waals surface area contributed by atoms with Gasteiger partial charge in [-0.1, -0.05) is 149 Å². The molecule has 12 nitrogen and oxygen atoms in total. The van der Waals surface area contributed by atoms with Gasteiger partial charge < -0.3 is 0 Å². The van der Waals surface area contributed by atoms with Gasteiger partial charge in [-0.3, -0.25) is 29.0 Å². The van der Waals surface area contributed by atoms with Crippen molar-refractivity contribution in [2.75, 3.05) is 0 Å². The van der Waals surface area contributed by atoms with Crippen LogP contribution in [0.1, 0.15) is 106 Å². The quantitative estimate of drug-likeness (QED) is 0.147. The predicted molar refractivity (Wildman–Crippen MR) is 252 cm³/mol. The second-order valence-corrected chi connectivity index (χ2v) is 14.3. The van der Waals surface area contributed by atoms with Gasteiger partial charge in [0.25, 0.3) is 23.6 Å². The van der Waals surface area contributed by atoms with E-state index in [2.05, 4.69) is 20.4 Å². The van der Waals surface area contributed by atoms with Crippen molar-refractivity contribution in [3.63, 3.8) is 0 Å². The average Bonchev–Trinajstić information content (AvgIpc) is 3.78. The van der Waals surface area contributed by atoms with Crippen LogP contribution in [0.4, 0.5) is 0 Å². The van der Waals surface area contributed by atoms with Crippen LogP contribution in [0.5, 0.6) is 0 Å². The summed E-state index contributed by atoms with van der Waals surface area (Å²) in [5.41, 5.74) is 8.18. The number of imide groups is 2. The van der Waals surface area contributed by atoms with Crippen LogP contribution >= 0.6 is 0 Å². The molecule has 0 bridgehead atoms. The van der Waals surface area contributed by atoms with Gasteiger partial charge in [0.1, 0.15) is 0 Å². The van der Waals surface area contributed by atoms with Crippen molar-refractivity contribution in [3.8, 4) is 22.3 Å². The Bertz CT molecular complexity index is 2780. The Labute approximate surface area is 380 Å². The van der Waals surface area contributed by atoms with Crippen molar-refractivity contribution in [1.29, 1.82) is 0 Å². The number of amides is 4. The lowest BCUT2D eigenvalue weighted by molar-refractivity contribution is 0.0576. The van der Waals surface area contributed by atoms with Crippen LogP contribution in [-0.4, -0.2) is 62.2 Å². The van der Waals surface area contributed by atoms with Crippen molar-refractivity contribution in [3.05, 3.63) is 191 Å². The van der Waals surface area contributed by atoms with E-state index in [9.17, 15) is 19.2 Å². The Balaban J connectivity index is 0.000000190. The lowest BCUT2D eigenvalue weighted by Crippen LogP contribution is -2.33. The van der Waals surface area contributed by atoms with Crippen LogP contribution < -0.4 is 0 Å². The lowest BCUT2D eigenvalue weighted by Gasteiger charge is -2.24. The summed E-state index contributed by atoms with van der Waals surface area (Å²) in [5, 5.41) is 19.5. The summed E-state index contributed by atoms with van der Waals surface area (Å²) in [6.07, 6.45) is 0. The van der Waals surface area contributed by atoms with E-state index in [1.54, 1.807) is 48.5 Å². The van der Waals surface area contributed by atoms with Crippen molar-refractivity contribution >= 4 is 57.0 Å². The van der Waals surface area contributed by atoms with Gasteiger partial charge in [-0.2, -0.15) is 28.8 Å². The van der Waals surface area contributed by atoms with E-state index in [4.69, 9.17) is 8.42 Å². The molecule has 10 rings (SSSR count). The standard InChI is InChI=1S/2C24H17N3O2.2C2H6.O2S/c2*1-15(27-23(28)17-11-5-6-12-18(17)24(27)29)22-21(16-9-3-2-4-10-16)19-13-7-8-14-20(19)25-26-22;2*1-2;1-3-2/h2*2-15H,1H3;2*1-2H3;. The molecule has 0 saturated carbocycles. The van der Waals surface area contributed by atoms with Gasteiger partial charge in [-0.15, -0.1) is 0 Å². The third kappa shape index (κ3) is 9.13. The molecular formula is C52H46N6O6S. The zero-order chi connectivity index (χ0) is 46.6. The molecule has 0 aliphatic carbocycles. The lowest BCUT2D eigenvalue weighted by atomic mass is 9.96. The molecule has 0 radical (unpaired) electrons. The number of nitrogens with zero attached hydrogens (tertiary/aromatic N) is 6. The summed E-state index contributed by atoms with van der Waals surface area (Å²) in [5.74, 6) is -1.20. The van der Waals surface area contributed by atoms with E-state index >= 15 is 0 Å². The molecular weight excluding hydrogens is 837 g/mol. The number of carbonyl (C=O) groups excluding carboxylic acids is 4. The summed E-state index contributed by atoms with van der Waals surface area (Å²) < 4.78 is 16.6. The zero-order valence-electron chi connectivity index (χ0n) is 36.7. The van der Waals surface area contributed by atoms with Gasteiger partial charge in [0.2, 0.25) is 0 Å². The fourth-order valence-electron chi connectivity index (χ4n) is 7.90. The van der Waals surface area contributed by atoms with E-state index < -0.39 is 23.7 Å². The number of benzene rings is 6. The fourth-order valence-corrected chi connectivity index (χ4v) is 7.90. The molecule has 4 amide bonds. The summed E-state index contributed by atoms with van der Waals surface area (Å²) in [6, 6.07) is 48.0. The number of fused-ring (bicyclic) bond motifs is 4. The summed E-state index contributed by atoms with van der Waals surface area (Å²) in [6.45, 7) is 11.7. The third-order valence-electron chi connectivity index (χ3n) is 10.7. The number of rotatable bonds is 6. The van der Waals surface area contributed by atoms with Gasteiger partial charge in [0.15, 0.2) is 0 Å². The van der Waals surface area contributed by atoms with Gasteiger partial charge >= 0.3 is 11.6 Å². The maximum Gasteiger partial charge on any atom is 0.335 e. The van der Waals surface area contributed by atoms with E-state index in [0.29, 0.717) is 33.6 Å². The molecule has 0 fully saturated rings. The van der Waals surface area contributed by atoms with Gasteiger partial charge in [-0.05, 0) is 61.4 Å². The first-order valence-electron chi connectivity index (χ1n) is 21.2. The van der Waals surface area contributed by atoms with Gasteiger partial charge in [-0.25, -0.2) is 0 Å². The number of carbonyl (C=O) groups is 4. The zero-order valence-corrected chi connectivity index (χ0v) is 37.5. The Kier molecular flexibility index (Phi) is 15.4. The first-order chi connectivity index (χ1) is 31.7. The molecule has 2 aliphatic heterocycles. The third-order valence-corrected chi connectivity index (χ3v) is 10.7. The maximum absolute atomic E-state index is 13.0. The number of hydrogen-bond acceptors (Lipinski definition) is 10. The number of hydrogen-bond donors (Lipinski definition) is 0. The second kappa shape index (κ2) is 21.5. The van der Waals surface area contributed by atoms with Crippen molar-refractivity contribution in [2.45, 2.75) is 53.6 Å². The molecule has 4 heterocycles. The number of aromatic nitrogens is 4. The smallest absolute Gasteiger partial charge is 0.269 e. The van der Waals surface area contributed by atoms with E-state index in [-0.39, 0.29) is 23.6 Å². The Hall–Kier alpha value is -7.90. The first kappa shape index (κ1) is 46.6. The average molecular weight is 883 g/mol. The highest BCUT2D eigenvalue weighted by Crippen LogP contribution is 2.39. The minimum Gasteiger partial charge on any atom is -0.269 e. The normalized spacial score (nSPS) is 13.1. The Morgan fingerprint density at radius 2 is 0.646 bits per heavy atom. The Morgan fingerprint density at radius 3 is 0.954 bits per heavy atom. The molecule has 0 N–H and O–H groups in total. The van der Waals surface area contributed by atoms with Gasteiger partial charge in [0, 0.05) is 21.9 Å². The first-order valence-corrected chi connectivity index (χ1v) is 21.9. The molecule has 13 heteroatoms. The minimum absolute atomic E-state index is 0.299.